The van der Waals surface area contributed by atoms with Crippen LogP contribution < -0.4 is 11.1 Å². The summed E-state index contributed by atoms with van der Waals surface area (Å²) in [6.07, 6.45) is 1.49. The molecule has 0 rings (SSSR count). The Bertz CT molecular complexity index is 207. The minimum atomic E-state index is 0.221. The van der Waals surface area contributed by atoms with Crippen LogP contribution in [0.2, 0.25) is 0 Å². The first-order valence-electron chi connectivity index (χ1n) is 5.76. The largest absolute Gasteiger partial charge is 0.409 e. The second kappa shape index (κ2) is 8.35. The van der Waals surface area contributed by atoms with Gasteiger partial charge < -0.3 is 21.0 Å². The normalized spacial score (nSPS) is 16.4. The topological polar surface area (TPSA) is 79.9 Å². The average Bonchev–Trinajstić information content (AvgIpc) is 2.26. The fourth-order valence-electron chi connectivity index (χ4n) is 1.53. The number of nitrogens with two attached hydrogens (primary N) is 1. The van der Waals surface area contributed by atoms with Crippen LogP contribution in [0.1, 0.15) is 33.6 Å². The molecule has 2 unspecified atom stereocenters. The third kappa shape index (κ3) is 5.92. The summed E-state index contributed by atoms with van der Waals surface area (Å²) in [6, 6.07) is 0.514. The quantitative estimate of drug-likeness (QED) is 0.253. The minimum Gasteiger partial charge on any atom is -0.409 e. The first-order valence-corrected chi connectivity index (χ1v) is 5.76. The zero-order chi connectivity index (χ0) is 12.6. The SMILES string of the molecule is CCC(CC(N)=NO)NC(COC)C(C)C. The van der Waals surface area contributed by atoms with Crippen LogP contribution in [-0.2, 0) is 4.74 Å². The van der Waals surface area contributed by atoms with Gasteiger partial charge in [-0.1, -0.05) is 25.9 Å². The van der Waals surface area contributed by atoms with Gasteiger partial charge in [-0.3, -0.25) is 0 Å². The van der Waals surface area contributed by atoms with Gasteiger partial charge in [-0.15, -0.1) is 0 Å². The Morgan fingerprint density at radius 3 is 2.50 bits per heavy atom. The van der Waals surface area contributed by atoms with Gasteiger partial charge in [0, 0.05) is 25.6 Å². The molecule has 0 bridgehead atoms. The van der Waals surface area contributed by atoms with Crippen LogP contribution in [0.15, 0.2) is 5.16 Å². The maximum atomic E-state index is 8.54. The summed E-state index contributed by atoms with van der Waals surface area (Å²) < 4.78 is 5.17. The molecule has 0 fully saturated rings. The van der Waals surface area contributed by atoms with Gasteiger partial charge >= 0.3 is 0 Å². The number of ether oxygens (including phenoxy) is 1. The van der Waals surface area contributed by atoms with Crippen molar-refractivity contribution < 1.29 is 9.94 Å². The fraction of sp³-hybridized carbons (Fsp3) is 0.909. The van der Waals surface area contributed by atoms with Gasteiger partial charge in [0.25, 0.3) is 0 Å². The Morgan fingerprint density at radius 2 is 2.12 bits per heavy atom. The molecule has 5 heteroatoms. The van der Waals surface area contributed by atoms with Crippen LogP contribution in [-0.4, -0.2) is 36.8 Å². The Hall–Kier alpha value is -0.810. The predicted molar refractivity (Wildman–Crippen MR) is 65.7 cm³/mol. The van der Waals surface area contributed by atoms with E-state index < -0.39 is 0 Å². The molecule has 0 aliphatic carbocycles. The van der Waals surface area contributed by atoms with Gasteiger partial charge in [0.1, 0.15) is 5.84 Å². The number of hydrogen-bond donors (Lipinski definition) is 3. The number of nitrogens with one attached hydrogen (secondary N) is 1. The lowest BCUT2D eigenvalue weighted by Gasteiger charge is -2.27. The summed E-state index contributed by atoms with van der Waals surface area (Å²) in [7, 11) is 1.70. The summed E-state index contributed by atoms with van der Waals surface area (Å²) in [5.74, 6) is 0.751. The molecule has 5 nitrogen and oxygen atoms in total. The molecule has 2 atom stereocenters. The first kappa shape index (κ1) is 15.2. The molecule has 0 aromatic heterocycles. The summed E-state index contributed by atoms with van der Waals surface area (Å²) in [5, 5.41) is 15.0. The average molecular weight is 231 g/mol. The van der Waals surface area contributed by atoms with Crippen LogP contribution >= 0.6 is 0 Å². The number of nitrogens with zero attached hydrogens (tertiary/aromatic N) is 1. The molecule has 4 N–H and O–H groups in total. The van der Waals surface area contributed by atoms with Gasteiger partial charge in [-0.2, -0.15) is 0 Å². The van der Waals surface area contributed by atoms with Crippen molar-refractivity contribution in [2.24, 2.45) is 16.8 Å². The maximum absolute atomic E-state index is 8.54. The second-order valence-corrected chi connectivity index (χ2v) is 4.37. The van der Waals surface area contributed by atoms with E-state index in [1.165, 1.54) is 0 Å². The van der Waals surface area contributed by atoms with Crippen molar-refractivity contribution in [1.82, 2.24) is 5.32 Å². The summed E-state index contributed by atoms with van der Waals surface area (Å²) in [5.41, 5.74) is 5.50. The molecule has 0 aromatic carbocycles. The molecule has 0 aromatic rings. The number of methoxy groups -OCH3 is 1. The molecule has 0 saturated heterocycles. The van der Waals surface area contributed by atoms with Crippen LogP contribution in [0.25, 0.3) is 0 Å². The highest BCUT2D eigenvalue weighted by molar-refractivity contribution is 5.80. The highest BCUT2D eigenvalue weighted by Crippen LogP contribution is 2.07. The predicted octanol–water partition coefficient (Wildman–Crippen LogP) is 1.16. The lowest BCUT2D eigenvalue weighted by molar-refractivity contribution is 0.140. The minimum absolute atomic E-state index is 0.221. The highest BCUT2D eigenvalue weighted by Gasteiger charge is 2.18. The first-order chi connectivity index (χ1) is 7.54. The van der Waals surface area contributed by atoms with Crippen molar-refractivity contribution in [2.45, 2.75) is 45.7 Å². The van der Waals surface area contributed by atoms with Gasteiger partial charge in [0.15, 0.2) is 0 Å². The Kier molecular flexibility index (Phi) is 7.93. The number of hydrogen-bond acceptors (Lipinski definition) is 4. The molecule has 0 radical (unpaired) electrons. The Balaban J connectivity index is 4.25. The van der Waals surface area contributed by atoms with E-state index in [0.29, 0.717) is 25.0 Å². The van der Waals surface area contributed by atoms with Gasteiger partial charge in [-0.05, 0) is 12.3 Å². The van der Waals surface area contributed by atoms with Gasteiger partial charge in [0.05, 0.1) is 6.61 Å². The number of rotatable bonds is 8. The smallest absolute Gasteiger partial charge is 0.140 e. The van der Waals surface area contributed by atoms with Crippen molar-refractivity contribution in [3.63, 3.8) is 0 Å². The molecule has 0 spiro atoms. The monoisotopic (exact) mass is 231 g/mol. The van der Waals surface area contributed by atoms with E-state index in [1.807, 2.05) is 0 Å². The molecule has 0 aliphatic heterocycles. The van der Waals surface area contributed by atoms with Gasteiger partial charge in [-0.25, -0.2) is 0 Å². The second-order valence-electron chi connectivity index (χ2n) is 4.37. The highest BCUT2D eigenvalue weighted by atomic mass is 16.5. The maximum Gasteiger partial charge on any atom is 0.140 e. The summed E-state index contributed by atoms with van der Waals surface area (Å²) >= 11 is 0. The van der Waals surface area contributed by atoms with Crippen molar-refractivity contribution in [3.8, 4) is 0 Å². The van der Waals surface area contributed by atoms with Crippen molar-refractivity contribution in [1.29, 1.82) is 0 Å². The van der Waals surface area contributed by atoms with E-state index in [0.717, 1.165) is 6.42 Å². The third-order valence-corrected chi connectivity index (χ3v) is 2.68. The molecule has 0 heterocycles. The van der Waals surface area contributed by atoms with E-state index in [-0.39, 0.29) is 11.9 Å². The van der Waals surface area contributed by atoms with Crippen LogP contribution in [0.5, 0.6) is 0 Å². The van der Waals surface area contributed by atoms with E-state index >= 15 is 0 Å². The lowest BCUT2D eigenvalue weighted by atomic mass is 10.0. The van der Waals surface area contributed by atoms with E-state index in [1.54, 1.807) is 7.11 Å². The summed E-state index contributed by atoms with van der Waals surface area (Å²) in [4.78, 5) is 0. The molecule has 0 amide bonds. The van der Waals surface area contributed by atoms with Crippen molar-refractivity contribution >= 4 is 5.84 Å². The van der Waals surface area contributed by atoms with Gasteiger partial charge in [0.2, 0.25) is 0 Å². The standard InChI is InChI=1S/C11H25N3O2/c1-5-9(6-11(12)14-15)13-10(7-16-4)8(2)3/h8-10,13,15H,5-7H2,1-4H3,(H2,12,14). The van der Waals surface area contributed by atoms with Crippen molar-refractivity contribution in [3.05, 3.63) is 0 Å². The zero-order valence-electron chi connectivity index (χ0n) is 10.7. The molecule has 16 heavy (non-hydrogen) atoms. The van der Waals surface area contributed by atoms with Crippen LogP contribution in [0.3, 0.4) is 0 Å². The lowest BCUT2D eigenvalue weighted by Crippen LogP contribution is -2.45. The Labute approximate surface area is 98.0 Å². The summed E-state index contributed by atoms with van der Waals surface area (Å²) in [6.45, 7) is 7.04. The molecule has 0 saturated carbocycles. The van der Waals surface area contributed by atoms with Crippen LogP contribution in [0, 0.1) is 5.92 Å². The van der Waals surface area contributed by atoms with E-state index in [4.69, 9.17) is 15.7 Å². The third-order valence-electron chi connectivity index (χ3n) is 2.68. The van der Waals surface area contributed by atoms with Crippen molar-refractivity contribution in [2.75, 3.05) is 13.7 Å². The molecule has 0 aliphatic rings. The molecular formula is C11H25N3O2. The van der Waals surface area contributed by atoms with Crippen LogP contribution in [0.4, 0.5) is 0 Å². The van der Waals surface area contributed by atoms with E-state index in [2.05, 4.69) is 31.2 Å². The number of oxime groups is 1. The van der Waals surface area contributed by atoms with E-state index in [9.17, 15) is 0 Å². The Morgan fingerprint density at radius 1 is 1.50 bits per heavy atom. The fourth-order valence-corrected chi connectivity index (χ4v) is 1.53. The molecule has 96 valence electrons. The number of amidine groups is 1. The molecular weight excluding hydrogens is 206 g/mol. The zero-order valence-corrected chi connectivity index (χ0v) is 10.7.